The molecule has 4 rings (SSSR count). The Hall–Kier alpha value is -3.22. The Labute approximate surface area is 203 Å². The van der Waals surface area contributed by atoms with E-state index in [-0.39, 0.29) is 17.9 Å². The van der Waals surface area contributed by atoms with Crippen molar-refractivity contribution in [2.45, 2.75) is 52.1 Å². The molecule has 3 aromatic rings. The Morgan fingerprint density at radius 2 is 1.77 bits per heavy atom. The van der Waals surface area contributed by atoms with Crippen LogP contribution in [0.1, 0.15) is 60.6 Å². The van der Waals surface area contributed by atoms with E-state index in [1.807, 2.05) is 6.92 Å². The molecule has 1 saturated carbocycles. The summed E-state index contributed by atoms with van der Waals surface area (Å²) in [6.07, 6.45) is 0.956. The molecule has 0 bridgehead atoms. The van der Waals surface area contributed by atoms with Crippen molar-refractivity contribution in [1.29, 1.82) is 0 Å². The number of hydrogen-bond donors (Lipinski definition) is 0. The van der Waals surface area contributed by atoms with Gasteiger partial charge in [-0.3, -0.25) is 0 Å². The predicted molar refractivity (Wildman–Crippen MR) is 129 cm³/mol. The summed E-state index contributed by atoms with van der Waals surface area (Å²) in [5.74, 6) is 0.0834. The third kappa shape index (κ3) is 5.55. The molecule has 0 atom stereocenters. The summed E-state index contributed by atoms with van der Waals surface area (Å²) in [6.45, 7) is 4.17. The fraction of sp³-hybridized carbons (Fsp3) is 0.393. The molecule has 0 amide bonds. The van der Waals surface area contributed by atoms with Gasteiger partial charge >= 0.3 is 12.1 Å². The molecule has 7 heteroatoms. The Morgan fingerprint density at radius 3 is 2.49 bits per heavy atom. The number of benzene rings is 2. The van der Waals surface area contributed by atoms with Crippen LogP contribution in [0.2, 0.25) is 0 Å². The molecule has 0 aliphatic heterocycles. The van der Waals surface area contributed by atoms with E-state index in [9.17, 15) is 18.0 Å². The number of carbonyl (C=O) groups is 1. The van der Waals surface area contributed by atoms with Gasteiger partial charge in [-0.2, -0.15) is 13.2 Å². The number of alkyl halides is 3. The highest BCUT2D eigenvalue weighted by Gasteiger charge is 2.36. The maximum absolute atomic E-state index is 14.2. The van der Waals surface area contributed by atoms with Crippen molar-refractivity contribution >= 4 is 5.97 Å². The van der Waals surface area contributed by atoms with Crippen LogP contribution in [0.25, 0.3) is 16.9 Å². The number of nitrogens with zero attached hydrogens (tertiary/aromatic N) is 1. The molecule has 0 N–H and O–H groups in total. The molecule has 4 nitrogen and oxygen atoms in total. The van der Waals surface area contributed by atoms with E-state index in [1.54, 1.807) is 54.0 Å². The van der Waals surface area contributed by atoms with Gasteiger partial charge in [-0.15, -0.1) is 0 Å². The molecule has 1 aromatic heterocycles. The standard InChI is InChI=1S/C28H30F3NO3/c1-3-34-27(33)21-11-7-12-22(17-21)32-19(2)15-16-24(32)26-23(28(29,30)31)13-8-14-25(26)35-18-20-9-5-4-6-10-20/h7-8,11-17,20H,3-6,9-10,18H2,1-2H3. The van der Waals surface area contributed by atoms with Crippen molar-refractivity contribution < 1.29 is 27.4 Å². The number of halogens is 3. The average Bonchev–Trinajstić information content (AvgIpc) is 3.23. The summed E-state index contributed by atoms with van der Waals surface area (Å²) in [5, 5.41) is 0. The number of aromatic nitrogens is 1. The van der Waals surface area contributed by atoms with E-state index >= 15 is 0 Å². The minimum absolute atomic E-state index is 0.00504. The first-order chi connectivity index (χ1) is 16.8. The van der Waals surface area contributed by atoms with E-state index in [4.69, 9.17) is 9.47 Å². The summed E-state index contributed by atoms with van der Waals surface area (Å²) in [5.41, 5.74) is 1.25. The first kappa shape index (κ1) is 24.9. The lowest BCUT2D eigenvalue weighted by Crippen LogP contribution is -2.17. The quantitative estimate of drug-likeness (QED) is 0.324. The van der Waals surface area contributed by atoms with Crippen molar-refractivity contribution in [3.05, 3.63) is 71.4 Å². The fourth-order valence-electron chi connectivity index (χ4n) is 4.78. The number of aryl methyl sites for hydroxylation is 1. The number of carbonyl (C=O) groups excluding carboxylic acids is 1. The Kier molecular flexibility index (Phi) is 7.53. The maximum atomic E-state index is 14.2. The third-order valence-electron chi connectivity index (χ3n) is 6.48. The molecular weight excluding hydrogens is 455 g/mol. The largest absolute Gasteiger partial charge is 0.493 e. The summed E-state index contributed by atoms with van der Waals surface area (Å²) in [7, 11) is 0. The minimum Gasteiger partial charge on any atom is -0.493 e. The lowest BCUT2D eigenvalue weighted by atomic mass is 9.90. The number of hydrogen-bond acceptors (Lipinski definition) is 3. The van der Waals surface area contributed by atoms with Crippen LogP contribution in [0.4, 0.5) is 13.2 Å². The number of ether oxygens (including phenoxy) is 2. The van der Waals surface area contributed by atoms with Crippen molar-refractivity contribution in [3.8, 4) is 22.7 Å². The molecular formula is C28H30F3NO3. The summed E-state index contributed by atoms with van der Waals surface area (Å²) in [6, 6.07) is 14.2. The van der Waals surface area contributed by atoms with E-state index in [0.29, 0.717) is 29.5 Å². The van der Waals surface area contributed by atoms with Gasteiger partial charge in [0.05, 0.1) is 35.6 Å². The second-order valence-electron chi connectivity index (χ2n) is 8.96. The highest BCUT2D eigenvalue weighted by Crippen LogP contribution is 2.44. The normalized spacial score (nSPS) is 14.7. The Bertz CT molecular complexity index is 1180. The maximum Gasteiger partial charge on any atom is 0.417 e. The molecule has 35 heavy (non-hydrogen) atoms. The fourth-order valence-corrected chi connectivity index (χ4v) is 4.78. The molecule has 1 aliphatic carbocycles. The lowest BCUT2D eigenvalue weighted by molar-refractivity contribution is -0.137. The SMILES string of the molecule is CCOC(=O)c1cccc(-n2c(C)ccc2-c2c(OCC3CCCCC3)cccc2C(F)(F)F)c1. The van der Waals surface area contributed by atoms with Gasteiger partial charge in [0.1, 0.15) is 5.75 Å². The molecule has 186 valence electrons. The van der Waals surface area contributed by atoms with Crippen LogP contribution >= 0.6 is 0 Å². The smallest absolute Gasteiger partial charge is 0.417 e. The Balaban J connectivity index is 1.80. The second-order valence-corrected chi connectivity index (χ2v) is 8.96. The van der Waals surface area contributed by atoms with Crippen LogP contribution in [0, 0.1) is 12.8 Å². The first-order valence-corrected chi connectivity index (χ1v) is 12.1. The van der Waals surface area contributed by atoms with Crippen molar-refractivity contribution in [2.24, 2.45) is 5.92 Å². The molecule has 2 aromatic carbocycles. The predicted octanol–water partition coefficient (Wildman–Crippen LogP) is 7.61. The zero-order valence-electron chi connectivity index (χ0n) is 20.0. The van der Waals surface area contributed by atoms with Gasteiger partial charge in [0.15, 0.2) is 0 Å². The first-order valence-electron chi connectivity index (χ1n) is 12.1. The van der Waals surface area contributed by atoms with Gasteiger partial charge in [0.25, 0.3) is 0 Å². The summed E-state index contributed by atoms with van der Waals surface area (Å²) >= 11 is 0. The van der Waals surface area contributed by atoms with Crippen LogP contribution in [0.15, 0.2) is 54.6 Å². The van der Waals surface area contributed by atoms with E-state index in [1.165, 1.54) is 12.5 Å². The molecule has 1 aliphatic rings. The summed E-state index contributed by atoms with van der Waals surface area (Å²) in [4.78, 5) is 12.3. The van der Waals surface area contributed by atoms with Crippen LogP contribution in [-0.2, 0) is 10.9 Å². The molecule has 1 heterocycles. The topological polar surface area (TPSA) is 40.5 Å². The molecule has 0 spiro atoms. The van der Waals surface area contributed by atoms with Gasteiger partial charge < -0.3 is 14.0 Å². The molecule has 0 radical (unpaired) electrons. The zero-order valence-corrected chi connectivity index (χ0v) is 20.0. The van der Waals surface area contributed by atoms with Gasteiger partial charge in [-0.05, 0) is 75.1 Å². The average molecular weight is 486 g/mol. The van der Waals surface area contributed by atoms with Crippen LogP contribution in [0.5, 0.6) is 5.75 Å². The van der Waals surface area contributed by atoms with Crippen molar-refractivity contribution in [2.75, 3.05) is 13.2 Å². The van der Waals surface area contributed by atoms with E-state index < -0.39 is 17.7 Å². The van der Waals surface area contributed by atoms with Gasteiger partial charge in [-0.25, -0.2) is 4.79 Å². The van der Waals surface area contributed by atoms with E-state index in [0.717, 1.165) is 37.4 Å². The highest BCUT2D eigenvalue weighted by atomic mass is 19.4. The lowest BCUT2D eigenvalue weighted by Gasteiger charge is -2.24. The van der Waals surface area contributed by atoms with Crippen molar-refractivity contribution in [1.82, 2.24) is 4.57 Å². The van der Waals surface area contributed by atoms with Gasteiger partial charge in [-0.1, -0.05) is 31.4 Å². The van der Waals surface area contributed by atoms with Gasteiger partial charge in [0, 0.05) is 11.4 Å². The zero-order chi connectivity index (χ0) is 25.0. The number of esters is 1. The number of rotatable bonds is 7. The van der Waals surface area contributed by atoms with Crippen molar-refractivity contribution in [3.63, 3.8) is 0 Å². The monoisotopic (exact) mass is 485 g/mol. The van der Waals surface area contributed by atoms with Crippen LogP contribution < -0.4 is 4.74 Å². The Morgan fingerprint density at radius 1 is 1.03 bits per heavy atom. The third-order valence-corrected chi connectivity index (χ3v) is 6.48. The van der Waals surface area contributed by atoms with Crippen LogP contribution in [-0.4, -0.2) is 23.8 Å². The van der Waals surface area contributed by atoms with Gasteiger partial charge in [0.2, 0.25) is 0 Å². The van der Waals surface area contributed by atoms with Crippen LogP contribution in [0.3, 0.4) is 0 Å². The highest BCUT2D eigenvalue weighted by molar-refractivity contribution is 5.90. The second kappa shape index (κ2) is 10.6. The minimum atomic E-state index is -4.56. The molecule has 0 unspecified atom stereocenters. The summed E-state index contributed by atoms with van der Waals surface area (Å²) < 4.78 is 55.4. The van der Waals surface area contributed by atoms with E-state index in [2.05, 4.69) is 0 Å². The molecule has 0 saturated heterocycles. The molecule has 1 fully saturated rings.